The van der Waals surface area contributed by atoms with Gasteiger partial charge in [-0.05, 0) is 37.1 Å². The highest BCUT2D eigenvalue weighted by Gasteiger charge is 2.01. The molecule has 0 unspecified atom stereocenters. The predicted octanol–water partition coefficient (Wildman–Crippen LogP) is 2.18. The Kier molecular flexibility index (Phi) is 5.91. The number of nitrogens with zero attached hydrogens (tertiary/aromatic N) is 1. The molecule has 0 fully saturated rings. The lowest BCUT2D eigenvalue weighted by molar-refractivity contribution is 0.373. The number of hydrogen-bond acceptors (Lipinski definition) is 4. The normalized spacial score (nSPS) is 9.88. The van der Waals surface area contributed by atoms with Crippen LogP contribution >= 0.6 is 0 Å². The van der Waals surface area contributed by atoms with Gasteiger partial charge in [0.2, 0.25) is 0 Å². The number of rotatable bonds is 7. The first kappa shape index (κ1) is 13.3. The number of phenols is 1. The molecule has 0 aliphatic rings. The number of phenolic OH excluding ortho intramolecular Hbond substituents is 1. The van der Waals surface area contributed by atoms with Gasteiger partial charge in [0.25, 0.3) is 0 Å². The molecular formula is C13H18N2O2. The Hall–Kier alpha value is -1.73. The predicted molar refractivity (Wildman–Crippen MR) is 65.8 cm³/mol. The van der Waals surface area contributed by atoms with E-state index in [2.05, 4.69) is 11.4 Å². The molecule has 0 aliphatic carbocycles. The largest absolute Gasteiger partial charge is 0.504 e. The molecule has 0 atom stereocenters. The van der Waals surface area contributed by atoms with Crippen molar-refractivity contribution in [3.63, 3.8) is 0 Å². The number of benzene rings is 1. The van der Waals surface area contributed by atoms with Crippen LogP contribution in [-0.4, -0.2) is 18.8 Å². The molecule has 1 rings (SSSR count). The van der Waals surface area contributed by atoms with Gasteiger partial charge in [0, 0.05) is 13.0 Å². The monoisotopic (exact) mass is 234 g/mol. The van der Waals surface area contributed by atoms with E-state index in [9.17, 15) is 5.11 Å². The summed E-state index contributed by atoms with van der Waals surface area (Å²) in [6.45, 7) is 1.60. The molecule has 4 heteroatoms. The summed E-state index contributed by atoms with van der Waals surface area (Å²) in [5.41, 5.74) is 1.02. The number of nitriles is 1. The molecule has 17 heavy (non-hydrogen) atoms. The number of ether oxygens (including phenoxy) is 1. The van der Waals surface area contributed by atoms with Crippen LogP contribution in [0, 0.1) is 11.3 Å². The smallest absolute Gasteiger partial charge is 0.160 e. The van der Waals surface area contributed by atoms with E-state index in [1.807, 2.05) is 6.07 Å². The van der Waals surface area contributed by atoms with Crippen molar-refractivity contribution in [2.24, 2.45) is 0 Å². The van der Waals surface area contributed by atoms with Gasteiger partial charge in [0.15, 0.2) is 11.5 Å². The van der Waals surface area contributed by atoms with Gasteiger partial charge in [0.1, 0.15) is 0 Å². The molecule has 92 valence electrons. The van der Waals surface area contributed by atoms with E-state index in [-0.39, 0.29) is 5.75 Å². The molecule has 1 aromatic rings. The van der Waals surface area contributed by atoms with Crippen molar-refractivity contribution in [3.8, 4) is 17.6 Å². The average Bonchev–Trinajstić information content (AvgIpc) is 2.34. The summed E-state index contributed by atoms with van der Waals surface area (Å²) in [5, 5.41) is 21.2. The fraction of sp³-hybridized carbons (Fsp3) is 0.462. The van der Waals surface area contributed by atoms with Crippen molar-refractivity contribution in [2.75, 3.05) is 13.7 Å². The highest BCUT2D eigenvalue weighted by Crippen LogP contribution is 2.25. The molecule has 0 aromatic heterocycles. The zero-order chi connectivity index (χ0) is 12.5. The summed E-state index contributed by atoms with van der Waals surface area (Å²) in [4.78, 5) is 0. The van der Waals surface area contributed by atoms with Gasteiger partial charge in [-0.1, -0.05) is 6.07 Å². The minimum Gasteiger partial charge on any atom is -0.504 e. The molecule has 0 aliphatic heterocycles. The maximum Gasteiger partial charge on any atom is 0.160 e. The number of methoxy groups -OCH3 is 1. The van der Waals surface area contributed by atoms with Crippen molar-refractivity contribution < 1.29 is 9.84 Å². The third-order valence-electron chi connectivity index (χ3n) is 2.46. The maximum absolute atomic E-state index is 9.58. The second-order valence-corrected chi connectivity index (χ2v) is 3.80. The summed E-state index contributed by atoms with van der Waals surface area (Å²) in [6, 6.07) is 7.49. The fourth-order valence-corrected chi connectivity index (χ4v) is 1.53. The van der Waals surface area contributed by atoms with Crippen molar-refractivity contribution in [1.82, 2.24) is 5.32 Å². The molecule has 2 N–H and O–H groups in total. The SMILES string of the molecule is COc1ccc(CNCCCCC#N)cc1O. The molecular weight excluding hydrogens is 216 g/mol. The van der Waals surface area contributed by atoms with Gasteiger partial charge in [-0.3, -0.25) is 0 Å². The maximum atomic E-state index is 9.58. The highest BCUT2D eigenvalue weighted by molar-refractivity contribution is 5.41. The number of unbranched alkanes of at least 4 members (excludes halogenated alkanes) is 2. The Balaban J connectivity index is 2.28. The minimum absolute atomic E-state index is 0.163. The Labute approximate surface area is 102 Å². The molecule has 0 heterocycles. The summed E-state index contributed by atoms with van der Waals surface area (Å²) >= 11 is 0. The third-order valence-corrected chi connectivity index (χ3v) is 2.46. The first-order chi connectivity index (χ1) is 8.27. The first-order valence-corrected chi connectivity index (χ1v) is 5.71. The standard InChI is InChI=1S/C13H18N2O2/c1-17-13-6-5-11(9-12(13)16)10-15-8-4-2-3-7-14/h5-6,9,15-16H,2-4,8,10H2,1H3. The average molecular weight is 234 g/mol. The van der Waals surface area contributed by atoms with Crippen LogP contribution < -0.4 is 10.1 Å². The highest BCUT2D eigenvalue weighted by atomic mass is 16.5. The lowest BCUT2D eigenvalue weighted by Crippen LogP contribution is -2.14. The van der Waals surface area contributed by atoms with Gasteiger partial charge in [0.05, 0.1) is 13.2 Å². The lowest BCUT2D eigenvalue weighted by atomic mass is 10.2. The Morgan fingerprint density at radius 2 is 2.24 bits per heavy atom. The zero-order valence-electron chi connectivity index (χ0n) is 10.1. The third kappa shape index (κ3) is 4.75. The van der Waals surface area contributed by atoms with Gasteiger partial charge in [-0.25, -0.2) is 0 Å². The molecule has 4 nitrogen and oxygen atoms in total. The van der Waals surface area contributed by atoms with E-state index in [0.29, 0.717) is 18.7 Å². The topological polar surface area (TPSA) is 65.3 Å². The summed E-state index contributed by atoms with van der Waals surface area (Å²) in [5.74, 6) is 0.652. The van der Waals surface area contributed by atoms with Gasteiger partial charge in [-0.2, -0.15) is 5.26 Å². The number of hydrogen-bond donors (Lipinski definition) is 2. The summed E-state index contributed by atoms with van der Waals surface area (Å²) < 4.78 is 4.97. The van der Waals surface area contributed by atoms with Crippen LogP contribution in [0.4, 0.5) is 0 Å². The minimum atomic E-state index is 0.163. The van der Waals surface area contributed by atoms with Crippen LogP contribution in [0.15, 0.2) is 18.2 Å². The van der Waals surface area contributed by atoms with Crippen molar-refractivity contribution in [2.45, 2.75) is 25.8 Å². The van der Waals surface area contributed by atoms with E-state index in [0.717, 1.165) is 24.9 Å². The summed E-state index contributed by atoms with van der Waals surface area (Å²) in [6.07, 6.45) is 2.54. The van der Waals surface area contributed by atoms with Crippen LogP contribution in [0.1, 0.15) is 24.8 Å². The molecule has 0 saturated heterocycles. The molecule has 1 aromatic carbocycles. The van der Waals surface area contributed by atoms with E-state index in [1.54, 1.807) is 12.1 Å². The van der Waals surface area contributed by atoms with E-state index < -0.39 is 0 Å². The second kappa shape index (κ2) is 7.53. The van der Waals surface area contributed by atoms with Crippen LogP contribution in [0.3, 0.4) is 0 Å². The molecule has 0 bridgehead atoms. The molecule has 0 radical (unpaired) electrons. The zero-order valence-corrected chi connectivity index (χ0v) is 10.1. The Morgan fingerprint density at radius 1 is 1.41 bits per heavy atom. The quantitative estimate of drug-likeness (QED) is 0.710. The number of aromatic hydroxyl groups is 1. The van der Waals surface area contributed by atoms with E-state index in [4.69, 9.17) is 10.00 Å². The van der Waals surface area contributed by atoms with Gasteiger partial charge >= 0.3 is 0 Å². The van der Waals surface area contributed by atoms with Crippen molar-refractivity contribution in [3.05, 3.63) is 23.8 Å². The van der Waals surface area contributed by atoms with E-state index >= 15 is 0 Å². The van der Waals surface area contributed by atoms with E-state index in [1.165, 1.54) is 7.11 Å². The lowest BCUT2D eigenvalue weighted by Gasteiger charge is -2.07. The van der Waals surface area contributed by atoms with Crippen molar-refractivity contribution >= 4 is 0 Å². The number of nitrogens with one attached hydrogen (secondary N) is 1. The summed E-state index contributed by atoms with van der Waals surface area (Å²) in [7, 11) is 1.53. The molecule has 0 amide bonds. The van der Waals surface area contributed by atoms with Gasteiger partial charge < -0.3 is 15.2 Å². The van der Waals surface area contributed by atoms with Crippen LogP contribution in [0.5, 0.6) is 11.5 Å². The first-order valence-electron chi connectivity index (χ1n) is 5.71. The van der Waals surface area contributed by atoms with Crippen LogP contribution in [-0.2, 0) is 6.54 Å². The van der Waals surface area contributed by atoms with Gasteiger partial charge in [-0.15, -0.1) is 0 Å². The molecule has 0 spiro atoms. The Morgan fingerprint density at radius 3 is 2.88 bits per heavy atom. The Bertz CT molecular complexity index is 385. The second-order valence-electron chi connectivity index (χ2n) is 3.80. The molecule has 0 saturated carbocycles. The van der Waals surface area contributed by atoms with Crippen LogP contribution in [0.2, 0.25) is 0 Å². The fourth-order valence-electron chi connectivity index (χ4n) is 1.53. The van der Waals surface area contributed by atoms with Crippen molar-refractivity contribution in [1.29, 1.82) is 5.26 Å². The van der Waals surface area contributed by atoms with Crippen LogP contribution in [0.25, 0.3) is 0 Å².